The first-order valence-corrected chi connectivity index (χ1v) is 8.09. The minimum Gasteiger partial charge on any atom is -0.469 e. The Bertz CT molecular complexity index is 955. The molecule has 0 saturated heterocycles. The fourth-order valence-corrected chi connectivity index (χ4v) is 2.61. The van der Waals surface area contributed by atoms with E-state index in [1.54, 1.807) is 18.2 Å². The molecule has 3 rings (SSSR count). The van der Waals surface area contributed by atoms with Gasteiger partial charge in [-0.2, -0.15) is 0 Å². The SMILES string of the molecule is COC(=O)CCNC(=O)c1cc(-c2ccc(F)cc2)nc2ccccc12. The Hall–Kier alpha value is -3.28. The second-order valence-electron chi connectivity index (χ2n) is 5.66. The number of pyridine rings is 1. The fourth-order valence-electron chi connectivity index (χ4n) is 2.61. The van der Waals surface area contributed by atoms with Crippen molar-refractivity contribution >= 4 is 22.8 Å². The summed E-state index contributed by atoms with van der Waals surface area (Å²) in [5.74, 6) is -1.04. The van der Waals surface area contributed by atoms with Gasteiger partial charge in [0.25, 0.3) is 5.91 Å². The fraction of sp³-hybridized carbons (Fsp3) is 0.150. The Kier molecular flexibility index (Phi) is 5.22. The number of carbonyl (C=O) groups excluding carboxylic acids is 2. The van der Waals surface area contributed by atoms with Crippen LogP contribution in [0.5, 0.6) is 0 Å². The molecule has 26 heavy (non-hydrogen) atoms. The first kappa shape index (κ1) is 17.5. The van der Waals surface area contributed by atoms with Gasteiger partial charge in [-0.3, -0.25) is 9.59 Å². The van der Waals surface area contributed by atoms with E-state index >= 15 is 0 Å². The monoisotopic (exact) mass is 352 g/mol. The molecule has 0 bridgehead atoms. The van der Waals surface area contributed by atoms with Crippen LogP contribution in [0.15, 0.2) is 54.6 Å². The van der Waals surface area contributed by atoms with Crippen LogP contribution in [-0.2, 0) is 9.53 Å². The molecule has 0 fully saturated rings. The number of rotatable bonds is 5. The number of halogens is 1. The summed E-state index contributed by atoms with van der Waals surface area (Å²) in [6.07, 6.45) is 0.0933. The van der Waals surface area contributed by atoms with Crippen molar-refractivity contribution in [2.75, 3.05) is 13.7 Å². The largest absolute Gasteiger partial charge is 0.469 e. The van der Waals surface area contributed by atoms with Crippen molar-refractivity contribution in [2.45, 2.75) is 6.42 Å². The third-order valence-electron chi connectivity index (χ3n) is 3.94. The van der Waals surface area contributed by atoms with E-state index in [9.17, 15) is 14.0 Å². The topological polar surface area (TPSA) is 68.3 Å². The molecule has 1 aromatic heterocycles. The van der Waals surface area contributed by atoms with Crippen LogP contribution in [-0.4, -0.2) is 30.5 Å². The van der Waals surface area contributed by atoms with Gasteiger partial charge in [0.1, 0.15) is 5.82 Å². The highest BCUT2D eigenvalue weighted by molar-refractivity contribution is 6.07. The van der Waals surface area contributed by atoms with E-state index in [2.05, 4.69) is 15.0 Å². The summed E-state index contributed by atoms with van der Waals surface area (Å²) in [6.45, 7) is 0.175. The molecule has 0 aliphatic heterocycles. The smallest absolute Gasteiger partial charge is 0.307 e. The normalized spacial score (nSPS) is 10.5. The van der Waals surface area contributed by atoms with E-state index < -0.39 is 5.97 Å². The van der Waals surface area contributed by atoms with Crippen LogP contribution in [0.3, 0.4) is 0 Å². The molecule has 1 N–H and O–H groups in total. The Morgan fingerprint density at radius 2 is 1.85 bits per heavy atom. The van der Waals surface area contributed by atoms with E-state index in [4.69, 9.17) is 0 Å². The highest BCUT2D eigenvalue weighted by Crippen LogP contribution is 2.25. The number of esters is 1. The summed E-state index contributed by atoms with van der Waals surface area (Å²) >= 11 is 0. The zero-order chi connectivity index (χ0) is 18.5. The van der Waals surface area contributed by atoms with Crippen molar-refractivity contribution in [3.05, 3.63) is 66.0 Å². The average molecular weight is 352 g/mol. The second-order valence-corrected chi connectivity index (χ2v) is 5.66. The standard InChI is InChI=1S/C20H17FN2O3/c1-26-19(24)10-11-22-20(25)16-12-18(13-6-8-14(21)9-7-13)23-17-5-3-2-4-15(16)17/h2-9,12H,10-11H2,1H3,(H,22,25). The van der Waals surface area contributed by atoms with Crippen molar-refractivity contribution in [3.63, 3.8) is 0 Å². The lowest BCUT2D eigenvalue weighted by Crippen LogP contribution is -2.26. The molecule has 2 aromatic carbocycles. The molecule has 0 radical (unpaired) electrons. The summed E-state index contributed by atoms with van der Waals surface area (Å²) in [5.41, 5.74) is 2.38. The first-order valence-electron chi connectivity index (χ1n) is 8.09. The van der Waals surface area contributed by atoms with Crippen LogP contribution in [0.4, 0.5) is 4.39 Å². The molecule has 5 nitrogen and oxygen atoms in total. The van der Waals surface area contributed by atoms with Gasteiger partial charge in [0.2, 0.25) is 0 Å². The van der Waals surface area contributed by atoms with Gasteiger partial charge in [-0.15, -0.1) is 0 Å². The molecule has 0 unspecified atom stereocenters. The Labute approximate surface area is 149 Å². The van der Waals surface area contributed by atoms with Gasteiger partial charge in [-0.25, -0.2) is 9.37 Å². The minimum atomic E-state index is -0.392. The maximum absolute atomic E-state index is 13.2. The van der Waals surface area contributed by atoms with E-state index in [0.717, 1.165) is 0 Å². The third kappa shape index (κ3) is 3.85. The molecule has 0 aliphatic rings. The predicted molar refractivity (Wildman–Crippen MR) is 96.1 cm³/mol. The van der Waals surface area contributed by atoms with Crippen LogP contribution in [0.2, 0.25) is 0 Å². The number of para-hydroxylation sites is 1. The van der Waals surface area contributed by atoms with Gasteiger partial charge in [0.05, 0.1) is 30.3 Å². The third-order valence-corrected chi connectivity index (χ3v) is 3.94. The molecule has 1 heterocycles. The summed E-state index contributed by atoms with van der Waals surface area (Å²) in [5, 5.41) is 3.42. The average Bonchev–Trinajstić information content (AvgIpc) is 2.67. The minimum absolute atomic E-state index is 0.0933. The zero-order valence-electron chi connectivity index (χ0n) is 14.2. The highest BCUT2D eigenvalue weighted by Gasteiger charge is 2.14. The maximum atomic E-state index is 13.2. The van der Waals surface area contributed by atoms with Crippen molar-refractivity contribution in [1.82, 2.24) is 10.3 Å². The zero-order valence-corrected chi connectivity index (χ0v) is 14.2. The van der Waals surface area contributed by atoms with Crippen LogP contribution >= 0.6 is 0 Å². The van der Waals surface area contributed by atoms with Gasteiger partial charge in [-0.05, 0) is 36.4 Å². The van der Waals surface area contributed by atoms with Gasteiger partial charge >= 0.3 is 5.97 Å². The Morgan fingerprint density at radius 3 is 2.58 bits per heavy atom. The molecule has 0 spiro atoms. The lowest BCUT2D eigenvalue weighted by Gasteiger charge is -2.10. The summed E-state index contributed by atoms with van der Waals surface area (Å²) in [6, 6.07) is 14.9. The molecular formula is C20H17FN2O3. The number of nitrogens with zero attached hydrogens (tertiary/aromatic N) is 1. The van der Waals surface area contributed by atoms with Crippen LogP contribution < -0.4 is 5.32 Å². The number of fused-ring (bicyclic) bond motifs is 1. The number of hydrogen-bond acceptors (Lipinski definition) is 4. The number of carbonyl (C=O) groups is 2. The molecule has 0 saturated carbocycles. The van der Waals surface area contributed by atoms with E-state index in [-0.39, 0.29) is 24.7 Å². The number of amides is 1. The van der Waals surface area contributed by atoms with Gasteiger partial charge in [0.15, 0.2) is 0 Å². The first-order chi connectivity index (χ1) is 12.6. The number of benzene rings is 2. The van der Waals surface area contributed by atoms with Crippen molar-refractivity contribution < 1.29 is 18.7 Å². The quantitative estimate of drug-likeness (QED) is 0.715. The number of methoxy groups -OCH3 is 1. The van der Waals surface area contributed by atoms with Crippen LogP contribution in [0, 0.1) is 5.82 Å². The van der Waals surface area contributed by atoms with E-state index in [1.165, 1.54) is 19.2 Å². The van der Waals surface area contributed by atoms with Gasteiger partial charge in [-0.1, -0.05) is 18.2 Å². The van der Waals surface area contributed by atoms with E-state index in [1.807, 2.05) is 24.3 Å². The molecule has 132 valence electrons. The van der Waals surface area contributed by atoms with Crippen molar-refractivity contribution in [1.29, 1.82) is 0 Å². The highest BCUT2D eigenvalue weighted by atomic mass is 19.1. The van der Waals surface area contributed by atoms with Crippen LogP contribution in [0.25, 0.3) is 22.2 Å². The van der Waals surface area contributed by atoms with Gasteiger partial charge in [0, 0.05) is 17.5 Å². The molecular weight excluding hydrogens is 335 g/mol. The van der Waals surface area contributed by atoms with Crippen molar-refractivity contribution in [3.8, 4) is 11.3 Å². The van der Waals surface area contributed by atoms with E-state index in [0.29, 0.717) is 27.7 Å². The molecule has 1 amide bonds. The Balaban J connectivity index is 1.96. The number of ether oxygens (including phenoxy) is 1. The van der Waals surface area contributed by atoms with Crippen LogP contribution in [0.1, 0.15) is 16.8 Å². The predicted octanol–water partition coefficient (Wildman–Crippen LogP) is 3.33. The second kappa shape index (κ2) is 7.74. The maximum Gasteiger partial charge on any atom is 0.307 e. The molecule has 0 aliphatic carbocycles. The Morgan fingerprint density at radius 1 is 1.12 bits per heavy atom. The number of aromatic nitrogens is 1. The summed E-state index contributed by atoms with van der Waals surface area (Å²) in [7, 11) is 1.30. The lowest BCUT2D eigenvalue weighted by atomic mass is 10.0. The summed E-state index contributed by atoms with van der Waals surface area (Å²) in [4.78, 5) is 28.4. The lowest BCUT2D eigenvalue weighted by molar-refractivity contribution is -0.140. The number of nitrogens with one attached hydrogen (secondary N) is 1. The number of hydrogen-bond donors (Lipinski definition) is 1. The molecule has 0 atom stereocenters. The molecule has 3 aromatic rings. The summed E-state index contributed by atoms with van der Waals surface area (Å²) < 4.78 is 17.7. The molecule has 6 heteroatoms. The van der Waals surface area contributed by atoms with Gasteiger partial charge < -0.3 is 10.1 Å². The van der Waals surface area contributed by atoms with Crippen molar-refractivity contribution in [2.24, 2.45) is 0 Å².